The van der Waals surface area contributed by atoms with Gasteiger partial charge < -0.3 is 4.84 Å². The van der Waals surface area contributed by atoms with E-state index in [0.29, 0.717) is 11.1 Å². The van der Waals surface area contributed by atoms with Crippen LogP contribution in [0.2, 0.25) is 0 Å². The molecule has 1 aliphatic rings. The third-order valence-corrected chi connectivity index (χ3v) is 3.64. The molecule has 1 aliphatic carbocycles. The fraction of sp³-hybridized carbons (Fsp3) is 0.700. The highest BCUT2D eigenvalue weighted by Crippen LogP contribution is 2.41. The molecule has 0 heterocycles. The molecule has 0 unspecified atom stereocenters. The van der Waals surface area contributed by atoms with Gasteiger partial charge in [-0.25, -0.2) is 9.78 Å². The zero-order valence-electron chi connectivity index (χ0n) is 17.3. The summed E-state index contributed by atoms with van der Waals surface area (Å²) < 4.78 is 0. The van der Waals surface area contributed by atoms with Crippen molar-refractivity contribution in [3.63, 3.8) is 0 Å². The summed E-state index contributed by atoms with van der Waals surface area (Å²) in [5.74, 6) is 0.0285. The number of carbonyl (C=O) groups excluding carboxylic acids is 1. The van der Waals surface area contributed by atoms with Crippen LogP contribution in [0.15, 0.2) is 28.5 Å². The molecule has 0 amide bonds. The summed E-state index contributed by atoms with van der Waals surface area (Å²) in [7, 11) is 1.46. The molecule has 0 aromatic rings. The molecule has 1 rings (SSSR count). The van der Waals surface area contributed by atoms with E-state index in [1.165, 1.54) is 13.3 Å². The molecule has 0 aromatic heterocycles. The minimum absolute atomic E-state index is 0.0285. The van der Waals surface area contributed by atoms with Crippen molar-refractivity contribution in [2.24, 2.45) is 16.0 Å². The fourth-order valence-electron chi connectivity index (χ4n) is 2.36. The van der Waals surface area contributed by atoms with Gasteiger partial charge in [-0.15, -0.1) is 0 Å². The molecule has 0 atom stereocenters. The first-order valence-corrected chi connectivity index (χ1v) is 8.57. The van der Waals surface area contributed by atoms with E-state index in [0.717, 1.165) is 0 Å². The van der Waals surface area contributed by atoms with Crippen LogP contribution < -0.4 is 0 Å². The minimum atomic E-state index is -1.11. The topological polar surface area (TPSA) is 57.1 Å². The molecule has 25 heavy (non-hydrogen) atoms. The quantitative estimate of drug-likeness (QED) is 0.421. The molecule has 0 fully saturated rings. The Labute approximate surface area is 152 Å². The van der Waals surface area contributed by atoms with Gasteiger partial charge in [0.05, 0.1) is 11.8 Å². The van der Waals surface area contributed by atoms with Crippen molar-refractivity contribution < 1.29 is 19.4 Å². The van der Waals surface area contributed by atoms with Crippen molar-refractivity contribution in [2.45, 2.75) is 73.5 Å². The molecule has 0 saturated heterocycles. The first kappa shape index (κ1) is 21.6. The van der Waals surface area contributed by atoms with E-state index in [4.69, 9.17) is 14.6 Å². The van der Waals surface area contributed by atoms with Gasteiger partial charge in [-0.2, -0.15) is 0 Å². The fourth-order valence-corrected chi connectivity index (χ4v) is 2.36. The van der Waals surface area contributed by atoms with Gasteiger partial charge in [-0.1, -0.05) is 46.7 Å². The molecule has 5 heteroatoms. The highest BCUT2D eigenvalue weighted by Gasteiger charge is 2.42. The van der Waals surface area contributed by atoms with E-state index in [2.05, 4.69) is 5.16 Å². The molecule has 0 spiro atoms. The number of hydrogen-bond acceptors (Lipinski definition) is 5. The maximum absolute atomic E-state index is 13.1. The Kier molecular flexibility index (Phi) is 6.08. The van der Waals surface area contributed by atoms with Crippen molar-refractivity contribution in [3.8, 4) is 0 Å². The van der Waals surface area contributed by atoms with Crippen molar-refractivity contribution in [1.29, 1.82) is 0 Å². The van der Waals surface area contributed by atoms with Crippen LogP contribution in [0.5, 0.6) is 0 Å². The number of allylic oxidation sites excluding steroid dienone is 2. The van der Waals surface area contributed by atoms with Crippen LogP contribution in [0.1, 0.15) is 62.3 Å². The van der Waals surface area contributed by atoms with E-state index in [9.17, 15) is 4.79 Å². The van der Waals surface area contributed by atoms with Crippen molar-refractivity contribution in [2.75, 3.05) is 7.11 Å². The first-order chi connectivity index (χ1) is 11.1. The standard InChI is InChI=1S/C20H33NO4/c1-17(2,3)14-11-20(13-21-23-10,25-24-19(7,8)9)12-15(16(14)22)18(4,5)6/h11-13H,1-10H3. The zero-order chi connectivity index (χ0) is 19.7. The molecule has 142 valence electrons. The molecular weight excluding hydrogens is 318 g/mol. The van der Waals surface area contributed by atoms with Crippen LogP contribution in [-0.2, 0) is 19.4 Å². The Morgan fingerprint density at radius 1 is 0.920 bits per heavy atom. The third-order valence-electron chi connectivity index (χ3n) is 3.64. The van der Waals surface area contributed by atoms with Crippen LogP contribution >= 0.6 is 0 Å². The summed E-state index contributed by atoms with van der Waals surface area (Å²) in [6, 6.07) is 0. The molecule has 0 N–H and O–H groups in total. The van der Waals surface area contributed by atoms with E-state index < -0.39 is 11.2 Å². The lowest BCUT2D eigenvalue weighted by atomic mass is 9.70. The second kappa shape index (κ2) is 7.04. The molecule has 0 radical (unpaired) electrons. The Balaban J connectivity index is 3.57. The molecule has 0 aromatic carbocycles. The average molecular weight is 351 g/mol. The third kappa shape index (κ3) is 5.79. The van der Waals surface area contributed by atoms with Gasteiger partial charge in [0.2, 0.25) is 0 Å². The molecular formula is C20H33NO4. The molecule has 0 bridgehead atoms. The number of Topliss-reactive ketones (excluding diaryl/α,β-unsaturated/α-hetero) is 1. The van der Waals surface area contributed by atoms with E-state index >= 15 is 0 Å². The molecule has 0 saturated carbocycles. The largest absolute Gasteiger partial charge is 0.399 e. The van der Waals surface area contributed by atoms with E-state index in [1.807, 2.05) is 62.3 Å². The lowest BCUT2D eigenvalue weighted by Crippen LogP contribution is -2.41. The smallest absolute Gasteiger partial charge is 0.185 e. The highest BCUT2D eigenvalue weighted by atomic mass is 17.2. The number of oxime groups is 1. The van der Waals surface area contributed by atoms with Crippen LogP contribution in [0.25, 0.3) is 0 Å². The Morgan fingerprint density at radius 2 is 1.36 bits per heavy atom. The maximum atomic E-state index is 13.1. The predicted octanol–water partition coefficient (Wildman–Crippen LogP) is 4.63. The van der Waals surface area contributed by atoms with Crippen LogP contribution in [0.3, 0.4) is 0 Å². The average Bonchev–Trinajstić information content (AvgIpc) is 2.42. The summed E-state index contributed by atoms with van der Waals surface area (Å²) in [6.07, 6.45) is 5.07. The van der Waals surface area contributed by atoms with E-state index in [-0.39, 0.29) is 16.6 Å². The summed E-state index contributed by atoms with van der Waals surface area (Å²) in [4.78, 5) is 29.3. The minimum Gasteiger partial charge on any atom is -0.399 e. The number of rotatable bonds is 4. The molecule has 0 aliphatic heterocycles. The summed E-state index contributed by atoms with van der Waals surface area (Å²) in [5, 5.41) is 3.90. The Hall–Kier alpha value is -1.46. The van der Waals surface area contributed by atoms with Crippen LogP contribution in [0, 0.1) is 10.8 Å². The van der Waals surface area contributed by atoms with Gasteiger partial charge in [0.1, 0.15) is 7.11 Å². The predicted molar refractivity (Wildman–Crippen MR) is 100 cm³/mol. The summed E-state index contributed by atoms with van der Waals surface area (Å²) >= 11 is 0. The summed E-state index contributed by atoms with van der Waals surface area (Å²) in [5.41, 5.74) is -0.985. The highest BCUT2D eigenvalue weighted by molar-refractivity contribution is 6.12. The van der Waals surface area contributed by atoms with Gasteiger partial charge in [0, 0.05) is 11.1 Å². The lowest BCUT2D eigenvalue weighted by molar-refractivity contribution is -0.369. The van der Waals surface area contributed by atoms with Gasteiger partial charge in [0.25, 0.3) is 0 Å². The Morgan fingerprint density at radius 3 is 1.68 bits per heavy atom. The summed E-state index contributed by atoms with van der Waals surface area (Å²) in [6.45, 7) is 17.7. The second-order valence-electron chi connectivity index (χ2n) is 9.49. The first-order valence-electron chi connectivity index (χ1n) is 8.57. The maximum Gasteiger partial charge on any atom is 0.185 e. The zero-order valence-corrected chi connectivity index (χ0v) is 17.3. The van der Waals surface area contributed by atoms with Gasteiger partial charge >= 0.3 is 0 Å². The van der Waals surface area contributed by atoms with Crippen molar-refractivity contribution in [3.05, 3.63) is 23.3 Å². The van der Waals surface area contributed by atoms with Gasteiger partial charge in [0.15, 0.2) is 11.4 Å². The number of carbonyl (C=O) groups is 1. The Bertz CT molecular complexity index is 559. The second-order valence-corrected chi connectivity index (χ2v) is 9.49. The monoisotopic (exact) mass is 351 g/mol. The molecule has 5 nitrogen and oxygen atoms in total. The lowest BCUT2D eigenvalue weighted by Gasteiger charge is -2.37. The van der Waals surface area contributed by atoms with Gasteiger partial charge in [-0.05, 0) is 43.8 Å². The van der Waals surface area contributed by atoms with Crippen molar-refractivity contribution >= 4 is 12.0 Å². The number of hydrogen-bond donors (Lipinski definition) is 0. The number of nitrogens with zero attached hydrogens (tertiary/aromatic N) is 1. The SMILES string of the molecule is CON=CC1(OOC(C)(C)C)C=C(C(C)(C)C)C(=O)C(C(C)(C)C)=C1. The van der Waals surface area contributed by atoms with Gasteiger partial charge in [-0.3, -0.25) is 4.79 Å². The van der Waals surface area contributed by atoms with E-state index in [1.54, 1.807) is 12.2 Å². The van der Waals surface area contributed by atoms with Crippen LogP contribution in [0.4, 0.5) is 0 Å². The van der Waals surface area contributed by atoms with Crippen LogP contribution in [-0.4, -0.2) is 30.3 Å². The normalized spacial score (nSPS) is 19.0. The van der Waals surface area contributed by atoms with Crippen molar-refractivity contribution in [1.82, 2.24) is 0 Å². The number of ketones is 1.